The molecule has 0 aliphatic heterocycles. The molecule has 27 heavy (non-hydrogen) atoms. The van der Waals surface area contributed by atoms with Crippen LogP contribution in [0.15, 0.2) is 59.6 Å². The lowest BCUT2D eigenvalue weighted by atomic mass is 10.0. The number of hydrogen-bond acceptors (Lipinski definition) is 6. The molecule has 0 amide bonds. The molecule has 7 nitrogen and oxygen atoms in total. The minimum Gasteiger partial charge on any atom is -0.497 e. The van der Waals surface area contributed by atoms with Gasteiger partial charge in [0.15, 0.2) is 9.84 Å². The van der Waals surface area contributed by atoms with E-state index >= 15 is 0 Å². The Hall–Kier alpha value is -3.13. The maximum Gasteiger partial charge on any atom is 0.331 e. The SMILES string of the molecule is COc1ccc(-c2cn(OC(C)=O)nc2-c2ccc(S(C)(=O)=O)cc2)cc1. The van der Waals surface area contributed by atoms with Gasteiger partial charge < -0.3 is 9.57 Å². The summed E-state index contributed by atoms with van der Waals surface area (Å²) >= 11 is 0. The Morgan fingerprint density at radius 2 is 1.59 bits per heavy atom. The Labute approximate surface area is 157 Å². The molecule has 0 aliphatic carbocycles. The van der Waals surface area contributed by atoms with Crippen molar-refractivity contribution >= 4 is 15.8 Å². The van der Waals surface area contributed by atoms with Crippen LogP contribution in [-0.4, -0.2) is 37.7 Å². The van der Waals surface area contributed by atoms with E-state index in [2.05, 4.69) is 5.10 Å². The van der Waals surface area contributed by atoms with Crippen molar-refractivity contribution in [1.29, 1.82) is 0 Å². The summed E-state index contributed by atoms with van der Waals surface area (Å²) in [5.41, 5.74) is 2.82. The van der Waals surface area contributed by atoms with E-state index in [0.717, 1.165) is 22.2 Å². The third-order valence-corrected chi connectivity index (χ3v) is 5.00. The molecular formula is C19H18N2O5S. The fourth-order valence-corrected chi connectivity index (χ4v) is 3.22. The predicted octanol–water partition coefficient (Wildman–Crippen LogP) is 2.60. The van der Waals surface area contributed by atoms with Gasteiger partial charge in [0.25, 0.3) is 0 Å². The molecule has 0 atom stereocenters. The second-order valence-electron chi connectivity index (χ2n) is 5.90. The van der Waals surface area contributed by atoms with E-state index < -0.39 is 15.8 Å². The maximum absolute atomic E-state index is 11.7. The molecule has 8 heteroatoms. The van der Waals surface area contributed by atoms with Gasteiger partial charge in [0.05, 0.1) is 18.2 Å². The summed E-state index contributed by atoms with van der Waals surface area (Å²) in [5.74, 6) is 0.211. The van der Waals surface area contributed by atoms with E-state index in [1.165, 1.54) is 19.1 Å². The normalized spacial score (nSPS) is 11.2. The Balaban J connectivity index is 2.09. The van der Waals surface area contributed by atoms with Crippen LogP contribution in [0.25, 0.3) is 22.4 Å². The number of hydrogen-bond donors (Lipinski definition) is 0. The first-order valence-corrected chi connectivity index (χ1v) is 9.90. The van der Waals surface area contributed by atoms with Gasteiger partial charge in [-0.15, -0.1) is 5.10 Å². The zero-order valence-electron chi connectivity index (χ0n) is 15.0. The lowest BCUT2D eigenvalue weighted by Gasteiger charge is -2.05. The number of carbonyl (C=O) groups is 1. The third-order valence-electron chi connectivity index (χ3n) is 3.87. The van der Waals surface area contributed by atoms with Gasteiger partial charge in [0.2, 0.25) is 0 Å². The molecule has 0 bridgehead atoms. The topological polar surface area (TPSA) is 87.5 Å². The zero-order chi connectivity index (χ0) is 19.6. The molecule has 0 unspecified atom stereocenters. The highest BCUT2D eigenvalue weighted by molar-refractivity contribution is 7.90. The van der Waals surface area contributed by atoms with Crippen molar-refractivity contribution < 1.29 is 22.8 Å². The molecule has 0 saturated carbocycles. The molecule has 0 fully saturated rings. The number of methoxy groups -OCH3 is 1. The first-order valence-electron chi connectivity index (χ1n) is 8.01. The van der Waals surface area contributed by atoms with Gasteiger partial charge in [-0.2, -0.15) is 0 Å². The van der Waals surface area contributed by atoms with Crippen LogP contribution >= 0.6 is 0 Å². The highest BCUT2D eigenvalue weighted by Gasteiger charge is 2.16. The van der Waals surface area contributed by atoms with Crippen LogP contribution in [0.1, 0.15) is 6.92 Å². The molecular weight excluding hydrogens is 368 g/mol. The molecule has 1 heterocycles. The van der Waals surface area contributed by atoms with E-state index in [1.807, 2.05) is 24.3 Å². The summed E-state index contributed by atoms with van der Waals surface area (Å²) < 4.78 is 28.5. The zero-order valence-corrected chi connectivity index (χ0v) is 15.9. The Bertz CT molecular complexity index is 1070. The van der Waals surface area contributed by atoms with Gasteiger partial charge >= 0.3 is 5.97 Å². The summed E-state index contributed by atoms with van der Waals surface area (Å²) in [6, 6.07) is 13.7. The van der Waals surface area contributed by atoms with Crippen molar-refractivity contribution in [1.82, 2.24) is 9.94 Å². The van der Waals surface area contributed by atoms with Gasteiger partial charge in [0, 0.05) is 24.3 Å². The lowest BCUT2D eigenvalue weighted by molar-refractivity contribution is -0.143. The van der Waals surface area contributed by atoms with Crippen LogP contribution in [0.3, 0.4) is 0 Å². The molecule has 1 aromatic heterocycles. The average molecular weight is 386 g/mol. The fourth-order valence-electron chi connectivity index (χ4n) is 2.59. The van der Waals surface area contributed by atoms with Crippen molar-refractivity contribution in [3.8, 4) is 28.1 Å². The molecule has 3 aromatic rings. The first kappa shape index (κ1) is 18.7. The summed E-state index contributed by atoms with van der Waals surface area (Å²) in [6.45, 7) is 1.29. The van der Waals surface area contributed by atoms with Gasteiger partial charge in [-0.25, -0.2) is 13.2 Å². The van der Waals surface area contributed by atoms with E-state index in [-0.39, 0.29) is 4.90 Å². The largest absolute Gasteiger partial charge is 0.497 e. The van der Waals surface area contributed by atoms with Crippen molar-refractivity contribution in [2.45, 2.75) is 11.8 Å². The maximum atomic E-state index is 11.7. The Morgan fingerprint density at radius 1 is 1.00 bits per heavy atom. The molecule has 0 spiro atoms. The number of nitrogens with zero attached hydrogens (tertiary/aromatic N) is 2. The Morgan fingerprint density at radius 3 is 2.11 bits per heavy atom. The van der Waals surface area contributed by atoms with Crippen LogP contribution in [0.4, 0.5) is 0 Å². The van der Waals surface area contributed by atoms with E-state index in [0.29, 0.717) is 17.0 Å². The molecule has 3 rings (SSSR count). The van der Waals surface area contributed by atoms with E-state index in [4.69, 9.17) is 9.57 Å². The summed E-state index contributed by atoms with van der Waals surface area (Å²) in [5, 5.41) is 4.32. The number of carbonyl (C=O) groups excluding carboxylic acids is 1. The van der Waals surface area contributed by atoms with Crippen molar-refractivity contribution in [3.05, 3.63) is 54.7 Å². The van der Waals surface area contributed by atoms with Crippen LogP contribution in [0, 0.1) is 0 Å². The van der Waals surface area contributed by atoms with Crippen LogP contribution in [0.2, 0.25) is 0 Å². The van der Waals surface area contributed by atoms with Crippen LogP contribution in [0.5, 0.6) is 5.75 Å². The first-order chi connectivity index (χ1) is 12.8. The number of sulfone groups is 1. The number of aromatic nitrogens is 2. The minimum atomic E-state index is -3.29. The van der Waals surface area contributed by atoms with Gasteiger partial charge in [-0.1, -0.05) is 29.1 Å². The predicted molar refractivity (Wildman–Crippen MR) is 100 cm³/mol. The second kappa shape index (κ2) is 7.24. The van der Waals surface area contributed by atoms with Gasteiger partial charge in [0.1, 0.15) is 11.4 Å². The highest BCUT2D eigenvalue weighted by atomic mass is 32.2. The molecule has 0 saturated heterocycles. The minimum absolute atomic E-state index is 0.219. The fraction of sp³-hybridized carbons (Fsp3) is 0.158. The Kier molecular flexibility index (Phi) is 5.00. The molecule has 0 aliphatic rings. The quantitative estimate of drug-likeness (QED) is 0.670. The molecule has 0 N–H and O–H groups in total. The van der Waals surface area contributed by atoms with Crippen molar-refractivity contribution in [2.75, 3.05) is 13.4 Å². The van der Waals surface area contributed by atoms with Gasteiger partial charge in [-0.3, -0.25) is 0 Å². The second-order valence-corrected chi connectivity index (χ2v) is 7.92. The molecule has 140 valence electrons. The number of benzene rings is 2. The standard InChI is InChI=1S/C19H18N2O5S/c1-13(22)26-21-12-18(14-4-8-16(25-2)9-5-14)19(20-21)15-6-10-17(11-7-15)27(3,23)24/h4-12H,1-3H3. The third kappa shape index (κ3) is 4.17. The van der Waals surface area contributed by atoms with Crippen LogP contribution < -0.4 is 9.57 Å². The summed E-state index contributed by atoms with van der Waals surface area (Å²) in [7, 11) is -1.71. The van der Waals surface area contributed by atoms with E-state index in [1.54, 1.807) is 25.4 Å². The van der Waals surface area contributed by atoms with Crippen LogP contribution in [-0.2, 0) is 14.6 Å². The smallest absolute Gasteiger partial charge is 0.331 e. The number of ether oxygens (including phenoxy) is 1. The molecule has 0 radical (unpaired) electrons. The molecule has 2 aromatic carbocycles. The lowest BCUT2D eigenvalue weighted by Crippen LogP contribution is -2.16. The highest BCUT2D eigenvalue weighted by Crippen LogP contribution is 2.32. The summed E-state index contributed by atoms with van der Waals surface area (Å²) in [6.07, 6.45) is 2.75. The van der Waals surface area contributed by atoms with Gasteiger partial charge in [-0.05, 0) is 29.8 Å². The monoisotopic (exact) mass is 386 g/mol. The average Bonchev–Trinajstić information content (AvgIpc) is 3.04. The number of rotatable bonds is 5. The van der Waals surface area contributed by atoms with Crippen molar-refractivity contribution in [2.24, 2.45) is 0 Å². The van der Waals surface area contributed by atoms with E-state index in [9.17, 15) is 13.2 Å². The summed E-state index contributed by atoms with van der Waals surface area (Å²) in [4.78, 5) is 17.6. The van der Waals surface area contributed by atoms with Crippen molar-refractivity contribution in [3.63, 3.8) is 0 Å².